The van der Waals surface area contributed by atoms with Gasteiger partial charge in [-0.15, -0.1) is 0 Å². The first-order valence-electron chi connectivity index (χ1n) is 10.8. The van der Waals surface area contributed by atoms with Gasteiger partial charge in [0.15, 0.2) is 6.79 Å². The zero-order chi connectivity index (χ0) is 17.7. The van der Waals surface area contributed by atoms with Gasteiger partial charge in [0.2, 0.25) is 0 Å². The predicted octanol–water partition coefficient (Wildman–Crippen LogP) is 5.63. The summed E-state index contributed by atoms with van der Waals surface area (Å²) in [6.07, 6.45) is 10.4. The van der Waals surface area contributed by atoms with Gasteiger partial charge in [0.1, 0.15) is 5.75 Å². The zero-order valence-electron chi connectivity index (χ0n) is 16.4. The van der Waals surface area contributed by atoms with E-state index in [1.807, 2.05) is 0 Å². The summed E-state index contributed by atoms with van der Waals surface area (Å²) in [4.78, 5) is 1.59. The van der Waals surface area contributed by atoms with Gasteiger partial charge >= 0.3 is 0 Å². The Hall–Kier alpha value is -0.670. The highest BCUT2D eigenvalue weighted by molar-refractivity contribution is 8.17. The van der Waals surface area contributed by atoms with E-state index in [-0.39, 0.29) is 10.9 Å². The molecule has 26 heavy (non-hydrogen) atoms. The molecule has 0 N–H and O–H groups in total. The van der Waals surface area contributed by atoms with E-state index in [0.29, 0.717) is 12.9 Å². The van der Waals surface area contributed by atoms with Gasteiger partial charge in [0.25, 0.3) is 0 Å². The molecule has 5 fully saturated rings. The summed E-state index contributed by atoms with van der Waals surface area (Å²) < 4.78 is 12.5. The molecule has 1 aromatic carbocycles. The molecule has 4 aliphatic carbocycles. The fourth-order valence-electron chi connectivity index (χ4n) is 6.63. The molecule has 1 aliphatic heterocycles. The average molecular weight is 375 g/mol. The second kappa shape index (κ2) is 7.05. The van der Waals surface area contributed by atoms with Gasteiger partial charge in [-0.3, -0.25) is 0 Å². The van der Waals surface area contributed by atoms with E-state index < -0.39 is 0 Å². The second-order valence-electron chi connectivity index (χ2n) is 9.43. The van der Waals surface area contributed by atoms with Gasteiger partial charge in [-0.1, -0.05) is 0 Å². The number of hydrogen-bond acceptors (Lipinski definition) is 2. The second-order valence-corrected chi connectivity index (χ2v) is 11.9. The molecule has 1 saturated heterocycles. The normalized spacial score (nSPS) is 36.7. The fourth-order valence-corrected chi connectivity index (χ4v) is 9.33. The van der Waals surface area contributed by atoms with Gasteiger partial charge in [0.05, 0.1) is 6.10 Å². The van der Waals surface area contributed by atoms with Crippen molar-refractivity contribution in [1.29, 1.82) is 0 Å². The molecule has 0 radical (unpaired) electrons. The predicted molar refractivity (Wildman–Crippen MR) is 110 cm³/mol. The van der Waals surface area contributed by atoms with Crippen molar-refractivity contribution in [3.05, 3.63) is 23.3 Å². The Labute approximate surface area is 161 Å². The van der Waals surface area contributed by atoms with E-state index in [1.165, 1.54) is 67.6 Å². The number of ether oxygens (including phenoxy) is 2. The Kier molecular flexibility index (Phi) is 4.73. The van der Waals surface area contributed by atoms with Crippen molar-refractivity contribution in [3.8, 4) is 5.75 Å². The van der Waals surface area contributed by atoms with Crippen molar-refractivity contribution >= 4 is 10.9 Å². The number of aryl methyl sites for hydroxylation is 2. The smallest absolute Gasteiger partial charge is 0.189 e. The molecule has 0 aromatic heterocycles. The molecule has 4 saturated carbocycles. The molecule has 5 aliphatic rings. The Morgan fingerprint density at radius 3 is 2.04 bits per heavy atom. The highest BCUT2D eigenvalue weighted by Gasteiger charge is 2.48. The molecule has 0 atom stereocenters. The lowest BCUT2D eigenvalue weighted by Crippen LogP contribution is -2.49. The topological polar surface area (TPSA) is 18.5 Å². The first-order valence-corrected chi connectivity index (χ1v) is 12.5. The maximum absolute atomic E-state index is 6.34. The van der Waals surface area contributed by atoms with Crippen LogP contribution in [0.4, 0.5) is 0 Å². The van der Waals surface area contributed by atoms with E-state index >= 15 is 0 Å². The minimum Gasteiger partial charge on any atom is -0.467 e. The van der Waals surface area contributed by atoms with Crippen LogP contribution in [0.2, 0.25) is 0 Å². The monoisotopic (exact) mass is 374 g/mol. The van der Waals surface area contributed by atoms with Crippen molar-refractivity contribution in [1.82, 2.24) is 0 Å². The molecule has 3 heteroatoms. The molecular weight excluding hydrogens is 340 g/mol. The lowest BCUT2D eigenvalue weighted by atomic mass is 9.55. The summed E-state index contributed by atoms with van der Waals surface area (Å²) in [7, 11) is 0.0981. The maximum atomic E-state index is 6.34. The first-order chi connectivity index (χ1) is 12.7. The van der Waals surface area contributed by atoms with Gasteiger partial charge in [0, 0.05) is 0 Å². The molecule has 1 heterocycles. The molecule has 2 nitrogen and oxygen atoms in total. The summed E-state index contributed by atoms with van der Waals surface area (Å²) >= 11 is 0. The number of rotatable bonds is 5. The van der Waals surface area contributed by atoms with Crippen LogP contribution in [0, 0.1) is 37.5 Å². The minimum atomic E-state index is 0.0981. The largest absolute Gasteiger partial charge is 0.467 e. The summed E-state index contributed by atoms with van der Waals surface area (Å²) in [6.45, 7) is 4.85. The van der Waals surface area contributed by atoms with Crippen LogP contribution in [0.15, 0.2) is 17.0 Å². The fraction of sp³-hybridized carbons (Fsp3) is 0.739. The van der Waals surface area contributed by atoms with E-state index in [0.717, 1.165) is 29.4 Å². The van der Waals surface area contributed by atoms with E-state index in [9.17, 15) is 0 Å². The SMILES string of the molecule is Cc1cc([SH]2CCCC2)cc(C)c1OCOC1C2CC3CC(C2)CC1C3. The molecule has 144 valence electrons. The van der Waals surface area contributed by atoms with Gasteiger partial charge in [-0.25, -0.2) is 10.9 Å². The molecule has 6 rings (SSSR count). The third-order valence-corrected chi connectivity index (χ3v) is 10.2. The average Bonchev–Trinajstić information content (AvgIpc) is 3.13. The van der Waals surface area contributed by atoms with Gasteiger partial charge in [-0.05, 0) is 122 Å². The minimum absolute atomic E-state index is 0.0981. The van der Waals surface area contributed by atoms with Crippen molar-refractivity contribution < 1.29 is 9.47 Å². The number of hydrogen-bond donors (Lipinski definition) is 1. The van der Waals surface area contributed by atoms with Gasteiger partial charge < -0.3 is 9.47 Å². The summed E-state index contributed by atoms with van der Waals surface area (Å²) in [5, 5.41) is 0. The Morgan fingerprint density at radius 1 is 0.885 bits per heavy atom. The molecular formula is C23H34O2S. The zero-order valence-corrected chi connectivity index (χ0v) is 17.3. The Morgan fingerprint density at radius 2 is 1.46 bits per heavy atom. The quantitative estimate of drug-likeness (QED) is 0.531. The van der Waals surface area contributed by atoms with Crippen LogP contribution < -0.4 is 4.74 Å². The van der Waals surface area contributed by atoms with Crippen LogP contribution in [0.5, 0.6) is 5.75 Å². The highest BCUT2D eigenvalue weighted by Crippen LogP contribution is 2.54. The number of thiol groups is 1. The van der Waals surface area contributed by atoms with Crippen molar-refractivity contribution in [2.24, 2.45) is 23.7 Å². The third-order valence-electron chi connectivity index (χ3n) is 7.52. The lowest BCUT2D eigenvalue weighted by Gasteiger charge is -2.53. The molecule has 1 aromatic rings. The van der Waals surface area contributed by atoms with Crippen LogP contribution in [0.3, 0.4) is 0 Å². The number of benzene rings is 1. The summed E-state index contributed by atoms with van der Waals surface area (Å²) in [5.74, 6) is 7.54. The molecule has 4 bridgehead atoms. The Bertz CT molecular complexity index is 613. The lowest BCUT2D eigenvalue weighted by molar-refractivity contribution is -0.155. The third kappa shape index (κ3) is 3.20. The highest BCUT2D eigenvalue weighted by atomic mass is 32.2. The summed E-state index contributed by atoms with van der Waals surface area (Å²) in [5.41, 5.74) is 2.59. The molecule has 0 amide bonds. The maximum Gasteiger partial charge on any atom is 0.189 e. The van der Waals surface area contributed by atoms with Crippen molar-refractivity contribution in [2.75, 3.05) is 18.3 Å². The molecule has 0 spiro atoms. The van der Waals surface area contributed by atoms with Crippen molar-refractivity contribution in [3.63, 3.8) is 0 Å². The first kappa shape index (κ1) is 17.4. The van der Waals surface area contributed by atoms with Crippen molar-refractivity contribution in [2.45, 2.75) is 69.8 Å². The molecule has 0 unspecified atom stereocenters. The van der Waals surface area contributed by atoms with Gasteiger partial charge in [-0.2, -0.15) is 0 Å². The standard InChI is InChI=1S/C23H34O2S/c1-15-7-21(26-5-3-4-6-26)8-16(2)22(15)24-14-25-23-19-10-17-9-18(12-19)13-20(23)11-17/h7-8,17-20,23,26H,3-6,9-14H2,1-2H3. The van der Waals surface area contributed by atoms with E-state index in [4.69, 9.17) is 9.47 Å². The summed E-state index contributed by atoms with van der Waals surface area (Å²) in [6, 6.07) is 4.78. The van der Waals surface area contributed by atoms with Crippen LogP contribution in [0.1, 0.15) is 56.1 Å². The Balaban J connectivity index is 1.22. The van der Waals surface area contributed by atoms with Crippen LogP contribution in [-0.2, 0) is 4.74 Å². The van der Waals surface area contributed by atoms with E-state index in [2.05, 4.69) is 26.0 Å². The van der Waals surface area contributed by atoms with Crippen LogP contribution >= 0.6 is 10.9 Å². The van der Waals surface area contributed by atoms with Crippen LogP contribution in [-0.4, -0.2) is 24.4 Å². The van der Waals surface area contributed by atoms with Crippen LogP contribution in [0.25, 0.3) is 0 Å². The van der Waals surface area contributed by atoms with E-state index in [1.54, 1.807) is 4.90 Å².